The van der Waals surface area contributed by atoms with Gasteiger partial charge in [-0.25, -0.2) is 9.59 Å². The van der Waals surface area contributed by atoms with Crippen molar-refractivity contribution in [3.8, 4) is 0 Å². The Morgan fingerprint density at radius 2 is 1.79 bits per heavy atom. The van der Waals surface area contributed by atoms with Crippen LogP contribution < -0.4 is 10.6 Å². The highest BCUT2D eigenvalue weighted by Crippen LogP contribution is 2.08. The summed E-state index contributed by atoms with van der Waals surface area (Å²) in [5, 5.41) is 14.4. The fraction of sp³-hybridized carbons (Fsp3) is 0.846. The third-order valence-electron chi connectivity index (χ3n) is 3.37. The molecule has 19 heavy (non-hydrogen) atoms. The third kappa shape index (κ3) is 5.92. The van der Waals surface area contributed by atoms with Gasteiger partial charge < -0.3 is 20.6 Å². The Kier molecular flexibility index (Phi) is 7.44. The summed E-state index contributed by atoms with van der Waals surface area (Å²) in [4.78, 5) is 25.1. The molecule has 112 valence electrons. The van der Waals surface area contributed by atoms with Crippen LogP contribution >= 0.6 is 0 Å². The molecule has 0 saturated heterocycles. The lowest BCUT2D eigenvalue weighted by atomic mass is 10.00. The normalized spacial score (nSPS) is 15.7. The minimum absolute atomic E-state index is 0.0326. The largest absolute Gasteiger partial charge is 0.480 e. The van der Waals surface area contributed by atoms with E-state index in [1.54, 1.807) is 6.92 Å². The van der Waals surface area contributed by atoms with E-state index < -0.39 is 17.5 Å². The van der Waals surface area contributed by atoms with E-state index in [1.165, 1.54) is 6.92 Å². The van der Waals surface area contributed by atoms with Crippen LogP contribution in [0.4, 0.5) is 4.79 Å². The van der Waals surface area contributed by atoms with Gasteiger partial charge >= 0.3 is 12.0 Å². The molecule has 0 aliphatic rings. The van der Waals surface area contributed by atoms with Crippen molar-refractivity contribution in [3.05, 3.63) is 0 Å². The van der Waals surface area contributed by atoms with Gasteiger partial charge in [0.05, 0.1) is 0 Å². The van der Waals surface area contributed by atoms with E-state index in [-0.39, 0.29) is 6.04 Å². The Bertz CT molecular complexity index is 306. The predicted octanol–water partition coefficient (Wildman–Crippen LogP) is 1.27. The van der Waals surface area contributed by atoms with Crippen molar-refractivity contribution < 1.29 is 14.7 Å². The molecule has 6 nitrogen and oxygen atoms in total. The molecule has 0 heterocycles. The highest BCUT2D eigenvalue weighted by atomic mass is 16.4. The van der Waals surface area contributed by atoms with Crippen LogP contribution in [0, 0.1) is 0 Å². The number of likely N-dealkylation sites (N-methyl/N-ethyl adjacent to an activating group) is 1. The van der Waals surface area contributed by atoms with Gasteiger partial charge in [-0.1, -0.05) is 20.8 Å². The second kappa shape index (κ2) is 7.99. The standard InChI is InChI=1S/C13H27N3O3/c1-6-13(5,11(17)18)15-12(19)14-10(4)9-16(7-2)8-3/h10H,6-9H2,1-5H3,(H,17,18)(H2,14,15,19). The van der Waals surface area contributed by atoms with Crippen molar-refractivity contribution in [2.45, 2.75) is 52.6 Å². The zero-order valence-electron chi connectivity index (χ0n) is 12.6. The zero-order chi connectivity index (χ0) is 15.1. The molecule has 0 aliphatic heterocycles. The Labute approximate surface area is 115 Å². The maximum absolute atomic E-state index is 11.8. The fourth-order valence-corrected chi connectivity index (χ4v) is 1.72. The number of carbonyl (C=O) groups is 2. The van der Waals surface area contributed by atoms with Crippen LogP contribution in [0.5, 0.6) is 0 Å². The molecule has 0 radical (unpaired) electrons. The molecule has 0 fully saturated rings. The summed E-state index contributed by atoms with van der Waals surface area (Å²) >= 11 is 0. The summed E-state index contributed by atoms with van der Waals surface area (Å²) in [6.45, 7) is 11.9. The van der Waals surface area contributed by atoms with E-state index in [1.807, 2.05) is 6.92 Å². The van der Waals surface area contributed by atoms with Crippen LogP contribution in [0.3, 0.4) is 0 Å². The number of hydrogen-bond acceptors (Lipinski definition) is 3. The summed E-state index contributed by atoms with van der Waals surface area (Å²) in [6, 6.07) is -0.471. The number of nitrogens with zero attached hydrogens (tertiary/aromatic N) is 1. The molecule has 2 atom stereocenters. The quantitative estimate of drug-likeness (QED) is 0.622. The highest BCUT2D eigenvalue weighted by Gasteiger charge is 2.32. The van der Waals surface area contributed by atoms with Gasteiger partial charge in [0.1, 0.15) is 5.54 Å². The van der Waals surface area contributed by atoms with Crippen molar-refractivity contribution >= 4 is 12.0 Å². The van der Waals surface area contributed by atoms with E-state index in [4.69, 9.17) is 5.11 Å². The number of urea groups is 1. The maximum Gasteiger partial charge on any atom is 0.329 e. The van der Waals surface area contributed by atoms with Gasteiger partial charge in [0, 0.05) is 12.6 Å². The van der Waals surface area contributed by atoms with Gasteiger partial charge in [-0.2, -0.15) is 0 Å². The average molecular weight is 273 g/mol. The number of carboxylic acids is 1. The Morgan fingerprint density at radius 1 is 1.26 bits per heavy atom. The number of hydrogen-bond donors (Lipinski definition) is 3. The molecule has 0 spiro atoms. The van der Waals surface area contributed by atoms with E-state index in [0.29, 0.717) is 6.42 Å². The van der Waals surface area contributed by atoms with Crippen LogP contribution in [-0.2, 0) is 4.79 Å². The molecule has 0 aliphatic carbocycles. The van der Waals surface area contributed by atoms with Crippen molar-refractivity contribution in [1.82, 2.24) is 15.5 Å². The Balaban J connectivity index is 4.34. The van der Waals surface area contributed by atoms with E-state index in [2.05, 4.69) is 29.4 Å². The van der Waals surface area contributed by atoms with Gasteiger partial charge in [-0.05, 0) is 33.4 Å². The summed E-state index contributed by atoms with van der Waals surface area (Å²) < 4.78 is 0. The molecule has 3 N–H and O–H groups in total. The first-order valence-corrected chi connectivity index (χ1v) is 6.83. The van der Waals surface area contributed by atoms with E-state index in [9.17, 15) is 9.59 Å². The predicted molar refractivity (Wildman–Crippen MR) is 75.2 cm³/mol. The van der Waals surface area contributed by atoms with Crippen LogP contribution in [0.25, 0.3) is 0 Å². The second-order valence-electron chi connectivity index (χ2n) is 4.98. The van der Waals surface area contributed by atoms with Crippen LogP contribution in [0.15, 0.2) is 0 Å². The molecule has 2 unspecified atom stereocenters. The molecule has 0 bridgehead atoms. The molecule has 0 saturated carbocycles. The van der Waals surface area contributed by atoms with Crippen LogP contribution in [0.1, 0.15) is 41.0 Å². The summed E-state index contributed by atoms with van der Waals surface area (Å²) in [6.07, 6.45) is 0.334. The molecule has 6 heteroatoms. The lowest BCUT2D eigenvalue weighted by Crippen LogP contribution is -2.57. The number of nitrogens with one attached hydrogen (secondary N) is 2. The van der Waals surface area contributed by atoms with E-state index in [0.717, 1.165) is 19.6 Å². The van der Waals surface area contributed by atoms with Gasteiger partial charge in [-0.15, -0.1) is 0 Å². The topological polar surface area (TPSA) is 81.7 Å². The Hall–Kier alpha value is -1.30. The average Bonchev–Trinajstić information content (AvgIpc) is 2.35. The lowest BCUT2D eigenvalue weighted by Gasteiger charge is -2.27. The highest BCUT2D eigenvalue weighted by molar-refractivity contribution is 5.85. The summed E-state index contributed by atoms with van der Waals surface area (Å²) in [5.74, 6) is -1.03. The third-order valence-corrected chi connectivity index (χ3v) is 3.37. The first kappa shape index (κ1) is 17.7. The molecular formula is C13H27N3O3. The van der Waals surface area contributed by atoms with Gasteiger partial charge in [0.25, 0.3) is 0 Å². The van der Waals surface area contributed by atoms with E-state index >= 15 is 0 Å². The van der Waals surface area contributed by atoms with Crippen molar-refractivity contribution in [2.24, 2.45) is 0 Å². The smallest absolute Gasteiger partial charge is 0.329 e. The molecule has 0 rings (SSSR count). The SMILES string of the molecule is CCN(CC)CC(C)NC(=O)NC(C)(CC)C(=O)O. The summed E-state index contributed by atoms with van der Waals surface area (Å²) in [5.41, 5.74) is -1.22. The molecule has 0 aromatic rings. The zero-order valence-corrected chi connectivity index (χ0v) is 12.6. The molecular weight excluding hydrogens is 246 g/mol. The molecule has 0 aromatic heterocycles. The second-order valence-corrected chi connectivity index (χ2v) is 4.98. The minimum atomic E-state index is -1.22. The fourth-order valence-electron chi connectivity index (χ4n) is 1.72. The lowest BCUT2D eigenvalue weighted by molar-refractivity contribution is -0.143. The number of aliphatic carboxylic acids is 1. The van der Waals surface area contributed by atoms with Gasteiger partial charge in [-0.3, -0.25) is 0 Å². The number of carboxylic acid groups (broad SMARTS) is 1. The first-order chi connectivity index (χ1) is 8.78. The number of amides is 2. The van der Waals surface area contributed by atoms with Crippen LogP contribution in [0.2, 0.25) is 0 Å². The van der Waals surface area contributed by atoms with Crippen LogP contribution in [-0.4, -0.2) is 53.2 Å². The molecule has 0 aromatic carbocycles. The van der Waals surface area contributed by atoms with Gasteiger partial charge in [0.2, 0.25) is 0 Å². The molecule has 2 amide bonds. The summed E-state index contributed by atoms with van der Waals surface area (Å²) in [7, 11) is 0. The first-order valence-electron chi connectivity index (χ1n) is 6.83. The van der Waals surface area contributed by atoms with Crippen molar-refractivity contribution in [2.75, 3.05) is 19.6 Å². The number of carbonyl (C=O) groups excluding carboxylic acids is 1. The van der Waals surface area contributed by atoms with Gasteiger partial charge in [0.15, 0.2) is 0 Å². The maximum atomic E-state index is 11.8. The minimum Gasteiger partial charge on any atom is -0.480 e. The Morgan fingerprint density at radius 3 is 2.16 bits per heavy atom. The number of rotatable bonds is 8. The van der Waals surface area contributed by atoms with Crippen molar-refractivity contribution in [3.63, 3.8) is 0 Å². The monoisotopic (exact) mass is 273 g/mol. The van der Waals surface area contributed by atoms with Crippen molar-refractivity contribution in [1.29, 1.82) is 0 Å².